The van der Waals surface area contributed by atoms with Gasteiger partial charge in [-0.15, -0.1) is 24.0 Å². The van der Waals surface area contributed by atoms with Crippen LogP contribution in [0.15, 0.2) is 29.3 Å². The molecule has 2 atom stereocenters. The van der Waals surface area contributed by atoms with Crippen molar-refractivity contribution in [1.82, 2.24) is 15.5 Å². The van der Waals surface area contributed by atoms with Crippen molar-refractivity contribution in [2.75, 3.05) is 51.8 Å². The van der Waals surface area contributed by atoms with E-state index < -0.39 is 9.84 Å². The molecule has 0 amide bonds. The number of aliphatic imine (C=N–C) groups is 1. The van der Waals surface area contributed by atoms with Crippen LogP contribution in [-0.4, -0.2) is 71.1 Å². The van der Waals surface area contributed by atoms with Gasteiger partial charge in [-0.05, 0) is 56.0 Å². The van der Waals surface area contributed by atoms with Crippen LogP contribution in [0.5, 0.6) is 5.75 Å². The number of rotatable bonds is 7. The van der Waals surface area contributed by atoms with Crippen LogP contribution in [0.1, 0.15) is 30.9 Å². The van der Waals surface area contributed by atoms with E-state index in [-0.39, 0.29) is 41.7 Å². The average molecular weight is 536 g/mol. The number of methoxy groups -OCH3 is 1. The van der Waals surface area contributed by atoms with Gasteiger partial charge >= 0.3 is 0 Å². The summed E-state index contributed by atoms with van der Waals surface area (Å²) < 4.78 is 28.5. The summed E-state index contributed by atoms with van der Waals surface area (Å²) in [6.45, 7) is 3.58. The summed E-state index contributed by atoms with van der Waals surface area (Å²) in [5.74, 6) is 2.33. The van der Waals surface area contributed by atoms with Crippen molar-refractivity contribution in [2.24, 2.45) is 10.9 Å². The molecule has 0 spiro atoms. The third-order valence-electron chi connectivity index (χ3n) is 5.65. The minimum absolute atomic E-state index is 0. The number of nitrogens with one attached hydrogen (secondary N) is 2. The second-order valence-electron chi connectivity index (χ2n) is 7.64. The van der Waals surface area contributed by atoms with Crippen molar-refractivity contribution in [2.45, 2.75) is 25.3 Å². The van der Waals surface area contributed by atoms with Crippen LogP contribution in [0, 0.1) is 5.92 Å². The molecular formula is C20H33IN4O3S. The highest BCUT2D eigenvalue weighted by molar-refractivity contribution is 14.0. The standard InChI is InChI=1S/C20H32N4O3S.HI/c1-21-20(22-13-16-9-12-28(25,26)15-16)23-14-19(24-10-3-4-11-24)17-5-7-18(27-2)8-6-17;/h5-8,16,19H,3-4,9-15H2,1-2H3,(H2,21,22,23);1H. The van der Waals surface area contributed by atoms with Crippen LogP contribution in [0.25, 0.3) is 0 Å². The molecule has 164 valence electrons. The maximum Gasteiger partial charge on any atom is 0.191 e. The van der Waals surface area contributed by atoms with Crippen LogP contribution in [0.3, 0.4) is 0 Å². The molecule has 0 aliphatic carbocycles. The fraction of sp³-hybridized carbons (Fsp3) is 0.650. The molecule has 2 saturated heterocycles. The lowest BCUT2D eigenvalue weighted by atomic mass is 10.1. The van der Waals surface area contributed by atoms with Gasteiger partial charge in [0.25, 0.3) is 0 Å². The molecule has 1 aromatic carbocycles. The zero-order valence-electron chi connectivity index (χ0n) is 17.3. The molecule has 1 aromatic rings. The zero-order valence-corrected chi connectivity index (χ0v) is 20.4. The van der Waals surface area contributed by atoms with Crippen molar-refractivity contribution in [3.8, 4) is 5.75 Å². The van der Waals surface area contributed by atoms with Crippen molar-refractivity contribution < 1.29 is 13.2 Å². The molecule has 2 fully saturated rings. The SMILES string of the molecule is CN=C(NCC1CCS(=O)(=O)C1)NCC(c1ccc(OC)cc1)N1CCCC1.I. The van der Waals surface area contributed by atoms with E-state index in [9.17, 15) is 8.42 Å². The maximum atomic E-state index is 11.6. The zero-order chi connectivity index (χ0) is 20.0. The van der Waals surface area contributed by atoms with Crippen molar-refractivity contribution in [3.63, 3.8) is 0 Å². The van der Waals surface area contributed by atoms with Crippen LogP contribution >= 0.6 is 24.0 Å². The predicted octanol–water partition coefficient (Wildman–Crippen LogP) is 2.05. The number of guanidine groups is 1. The summed E-state index contributed by atoms with van der Waals surface area (Å²) in [7, 11) is 0.583. The molecule has 3 rings (SSSR count). The van der Waals surface area contributed by atoms with Crippen molar-refractivity contribution >= 4 is 39.8 Å². The lowest BCUT2D eigenvalue weighted by Crippen LogP contribution is -2.44. The second kappa shape index (κ2) is 11.4. The van der Waals surface area contributed by atoms with Gasteiger partial charge in [-0.3, -0.25) is 9.89 Å². The van der Waals surface area contributed by atoms with E-state index in [4.69, 9.17) is 4.74 Å². The summed E-state index contributed by atoms with van der Waals surface area (Å²) in [5, 5.41) is 6.74. The van der Waals surface area contributed by atoms with Crippen LogP contribution in [0.4, 0.5) is 0 Å². The van der Waals surface area contributed by atoms with Gasteiger partial charge < -0.3 is 15.4 Å². The minimum Gasteiger partial charge on any atom is -0.497 e. The first-order valence-corrected chi connectivity index (χ1v) is 11.9. The molecule has 7 nitrogen and oxygen atoms in total. The Kier molecular flexibility index (Phi) is 9.48. The molecular weight excluding hydrogens is 503 g/mol. The first kappa shape index (κ1) is 24.2. The summed E-state index contributed by atoms with van der Waals surface area (Å²) in [6.07, 6.45) is 3.19. The molecule has 0 saturated carbocycles. The summed E-state index contributed by atoms with van der Waals surface area (Å²) >= 11 is 0. The Balaban J connectivity index is 0.00000300. The number of nitrogens with zero attached hydrogens (tertiary/aromatic N) is 2. The maximum absolute atomic E-state index is 11.6. The number of benzene rings is 1. The van der Waals surface area contributed by atoms with Gasteiger partial charge in [-0.25, -0.2) is 8.42 Å². The van der Waals surface area contributed by atoms with E-state index in [2.05, 4.69) is 32.7 Å². The Bertz CT molecular complexity index is 764. The number of hydrogen-bond acceptors (Lipinski definition) is 5. The number of likely N-dealkylation sites (tertiary alicyclic amines) is 1. The second-order valence-corrected chi connectivity index (χ2v) is 9.86. The predicted molar refractivity (Wildman–Crippen MR) is 128 cm³/mol. The highest BCUT2D eigenvalue weighted by atomic mass is 127. The molecule has 9 heteroatoms. The number of sulfone groups is 1. The van der Waals surface area contributed by atoms with Gasteiger partial charge in [-0.1, -0.05) is 12.1 Å². The number of hydrogen-bond donors (Lipinski definition) is 2. The number of ether oxygens (including phenoxy) is 1. The fourth-order valence-corrected chi connectivity index (χ4v) is 5.89. The monoisotopic (exact) mass is 536 g/mol. The summed E-state index contributed by atoms with van der Waals surface area (Å²) in [5.41, 5.74) is 1.26. The highest BCUT2D eigenvalue weighted by Crippen LogP contribution is 2.26. The minimum atomic E-state index is -2.85. The van der Waals surface area contributed by atoms with Gasteiger partial charge in [-0.2, -0.15) is 0 Å². The Hall–Kier alpha value is -1.07. The molecule has 2 N–H and O–H groups in total. The van der Waals surface area contributed by atoms with Gasteiger partial charge in [0, 0.05) is 20.1 Å². The Morgan fingerprint density at radius 2 is 1.93 bits per heavy atom. The lowest BCUT2D eigenvalue weighted by Gasteiger charge is -2.29. The first-order valence-electron chi connectivity index (χ1n) is 10.0. The molecule has 2 aliphatic rings. The van der Waals surface area contributed by atoms with Gasteiger partial charge in [0.15, 0.2) is 15.8 Å². The Morgan fingerprint density at radius 3 is 2.48 bits per heavy atom. The highest BCUT2D eigenvalue weighted by Gasteiger charge is 2.28. The van der Waals surface area contributed by atoms with Crippen molar-refractivity contribution in [3.05, 3.63) is 29.8 Å². The third-order valence-corrected chi connectivity index (χ3v) is 7.49. The average Bonchev–Trinajstić information content (AvgIpc) is 3.34. The van der Waals surface area contributed by atoms with E-state index in [0.29, 0.717) is 12.3 Å². The van der Waals surface area contributed by atoms with E-state index in [1.807, 2.05) is 12.1 Å². The van der Waals surface area contributed by atoms with Gasteiger partial charge in [0.05, 0.1) is 24.7 Å². The molecule has 2 heterocycles. The lowest BCUT2D eigenvalue weighted by molar-refractivity contribution is 0.245. The Morgan fingerprint density at radius 1 is 1.24 bits per heavy atom. The molecule has 2 unspecified atom stereocenters. The van der Waals surface area contributed by atoms with Crippen LogP contribution < -0.4 is 15.4 Å². The first-order chi connectivity index (χ1) is 13.5. The molecule has 0 aromatic heterocycles. The molecule has 29 heavy (non-hydrogen) atoms. The molecule has 0 bridgehead atoms. The van der Waals surface area contributed by atoms with Gasteiger partial charge in [0.1, 0.15) is 5.75 Å². The molecule has 0 radical (unpaired) electrons. The van der Waals surface area contributed by atoms with E-state index in [1.165, 1.54) is 18.4 Å². The topological polar surface area (TPSA) is 83.0 Å². The fourth-order valence-electron chi connectivity index (χ4n) is 4.03. The van der Waals surface area contributed by atoms with Crippen molar-refractivity contribution in [1.29, 1.82) is 0 Å². The smallest absolute Gasteiger partial charge is 0.191 e. The van der Waals surface area contributed by atoms with E-state index >= 15 is 0 Å². The van der Waals surface area contributed by atoms with E-state index in [0.717, 1.165) is 37.8 Å². The van der Waals surface area contributed by atoms with Crippen LogP contribution in [0.2, 0.25) is 0 Å². The summed E-state index contributed by atoms with van der Waals surface area (Å²) in [4.78, 5) is 6.82. The van der Waals surface area contributed by atoms with E-state index in [1.54, 1.807) is 14.2 Å². The third kappa shape index (κ3) is 6.99. The number of halogens is 1. The summed E-state index contributed by atoms with van der Waals surface area (Å²) in [6, 6.07) is 8.53. The van der Waals surface area contributed by atoms with Gasteiger partial charge in [0.2, 0.25) is 0 Å². The largest absolute Gasteiger partial charge is 0.497 e. The molecule has 2 aliphatic heterocycles. The normalized spacial score (nSPS) is 22.7. The Labute approximate surface area is 191 Å². The quantitative estimate of drug-likeness (QED) is 0.316. The van der Waals surface area contributed by atoms with Crippen LogP contribution in [-0.2, 0) is 9.84 Å².